The molecule has 0 spiro atoms. The highest BCUT2D eigenvalue weighted by atomic mass is 15.3. The van der Waals surface area contributed by atoms with Crippen molar-refractivity contribution in [1.29, 1.82) is 0 Å². The molecular weight excluding hydrogens is 216 g/mol. The van der Waals surface area contributed by atoms with Gasteiger partial charge in [0, 0.05) is 18.4 Å². The van der Waals surface area contributed by atoms with Crippen LogP contribution in [-0.2, 0) is 6.54 Å². The first-order valence-corrected chi connectivity index (χ1v) is 5.45. The average Bonchev–Trinajstić information content (AvgIpc) is 2.82. The van der Waals surface area contributed by atoms with E-state index in [-0.39, 0.29) is 6.04 Å². The van der Waals surface area contributed by atoms with Crippen LogP contribution < -0.4 is 16.6 Å². The fraction of sp³-hybridized carbons (Fsp3) is 0.273. The first kappa shape index (κ1) is 11.4. The molecular formula is C11H16N6. The molecule has 6 nitrogen and oxygen atoms in total. The minimum Gasteiger partial charge on any atom is -0.366 e. The Kier molecular flexibility index (Phi) is 3.56. The Morgan fingerprint density at radius 1 is 1.35 bits per heavy atom. The van der Waals surface area contributed by atoms with Crippen LogP contribution in [0.3, 0.4) is 0 Å². The molecule has 0 radical (unpaired) electrons. The lowest BCUT2D eigenvalue weighted by molar-refractivity contribution is 0.560. The Hall–Kier alpha value is -2.08. The van der Waals surface area contributed by atoms with Gasteiger partial charge in [0.25, 0.3) is 0 Å². The van der Waals surface area contributed by atoms with Crippen LogP contribution in [0.1, 0.15) is 6.92 Å². The van der Waals surface area contributed by atoms with Gasteiger partial charge < -0.3 is 10.7 Å². The summed E-state index contributed by atoms with van der Waals surface area (Å²) in [7, 11) is 0. The number of hydrazine groups is 1. The van der Waals surface area contributed by atoms with Crippen molar-refractivity contribution in [3.05, 3.63) is 36.7 Å². The summed E-state index contributed by atoms with van der Waals surface area (Å²) in [6.07, 6.45) is 3.70. The molecule has 2 heterocycles. The molecule has 2 aromatic heterocycles. The predicted molar refractivity (Wildman–Crippen MR) is 67.4 cm³/mol. The number of nitrogen functional groups attached to an aromatic ring is 1. The predicted octanol–water partition coefficient (Wildman–Crippen LogP) is 1.06. The molecule has 6 heteroatoms. The summed E-state index contributed by atoms with van der Waals surface area (Å²) < 4.78 is 1.88. The first-order valence-electron chi connectivity index (χ1n) is 5.45. The summed E-state index contributed by atoms with van der Waals surface area (Å²) in [6, 6.07) is 7.74. The molecule has 0 aromatic carbocycles. The molecule has 0 bridgehead atoms. The Labute approximate surface area is 99.8 Å². The van der Waals surface area contributed by atoms with E-state index >= 15 is 0 Å². The van der Waals surface area contributed by atoms with Crippen LogP contribution >= 0.6 is 0 Å². The third kappa shape index (κ3) is 3.18. The second-order valence-electron chi connectivity index (χ2n) is 3.83. The van der Waals surface area contributed by atoms with Crippen LogP contribution in [0, 0.1) is 0 Å². The monoisotopic (exact) mass is 232 g/mol. The fourth-order valence-corrected chi connectivity index (χ4v) is 1.58. The number of nitrogens with one attached hydrogen (secondary N) is 2. The highest BCUT2D eigenvalue weighted by Crippen LogP contribution is 2.09. The lowest BCUT2D eigenvalue weighted by atomic mass is 10.3. The molecule has 0 fully saturated rings. The van der Waals surface area contributed by atoms with Gasteiger partial charge in [-0.15, -0.1) is 0 Å². The van der Waals surface area contributed by atoms with Gasteiger partial charge in [0.15, 0.2) is 0 Å². The van der Waals surface area contributed by atoms with E-state index in [9.17, 15) is 0 Å². The van der Waals surface area contributed by atoms with E-state index in [1.165, 1.54) is 0 Å². The Bertz CT molecular complexity index is 453. The molecule has 0 amide bonds. The smallest absolute Gasteiger partial charge is 0.142 e. The molecule has 0 aliphatic heterocycles. The van der Waals surface area contributed by atoms with Crippen molar-refractivity contribution in [2.75, 3.05) is 10.7 Å². The molecule has 17 heavy (non-hydrogen) atoms. The molecule has 90 valence electrons. The van der Waals surface area contributed by atoms with Crippen molar-refractivity contribution >= 4 is 11.6 Å². The van der Waals surface area contributed by atoms with Gasteiger partial charge >= 0.3 is 0 Å². The molecule has 0 saturated carbocycles. The third-order valence-corrected chi connectivity index (χ3v) is 2.31. The summed E-state index contributed by atoms with van der Waals surface area (Å²) in [4.78, 5) is 4.28. The standard InChI is InChI=1S/C11H16N6/c1-9(8-17-7-3-6-13-17)14-10-4-2-5-11(15-10)16-12/h2-7,9H,8,12H2,1H3,(H2,14,15,16). The van der Waals surface area contributed by atoms with Crippen molar-refractivity contribution in [2.24, 2.45) is 5.84 Å². The van der Waals surface area contributed by atoms with E-state index < -0.39 is 0 Å². The molecule has 0 aliphatic carbocycles. The van der Waals surface area contributed by atoms with Gasteiger partial charge in [-0.3, -0.25) is 4.68 Å². The largest absolute Gasteiger partial charge is 0.366 e. The van der Waals surface area contributed by atoms with Crippen molar-refractivity contribution < 1.29 is 0 Å². The fourth-order valence-electron chi connectivity index (χ4n) is 1.58. The van der Waals surface area contributed by atoms with Crippen molar-refractivity contribution in [3.63, 3.8) is 0 Å². The maximum Gasteiger partial charge on any atom is 0.142 e. The van der Waals surface area contributed by atoms with Gasteiger partial charge in [-0.25, -0.2) is 10.8 Å². The van der Waals surface area contributed by atoms with Crippen molar-refractivity contribution in [2.45, 2.75) is 19.5 Å². The van der Waals surface area contributed by atoms with E-state index in [0.29, 0.717) is 5.82 Å². The highest BCUT2D eigenvalue weighted by Gasteiger charge is 2.04. The number of pyridine rings is 1. The summed E-state index contributed by atoms with van der Waals surface area (Å²) in [5.74, 6) is 6.74. The van der Waals surface area contributed by atoms with E-state index in [1.807, 2.05) is 35.1 Å². The van der Waals surface area contributed by atoms with E-state index in [4.69, 9.17) is 5.84 Å². The SMILES string of the molecule is CC(Cn1cccn1)Nc1cccc(NN)n1. The minimum atomic E-state index is 0.232. The number of hydrogen-bond acceptors (Lipinski definition) is 5. The molecule has 2 rings (SSSR count). The van der Waals surface area contributed by atoms with Gasteiger partial charge in [-0.1, -0.05) is 6.07 Å². The molecule has 1 unspecified atom stereocenters. The number of anilines is 2. The average molecular weight is 232 g/mol. The normalized spacial score (nSPS) is 12.1. The lowest BCUT2D eigenvalue weighted by Gasteiger charge is -2.15. The van der Waals surface area contributed by atoms with Gasteiger partial charge in [0.1, 0.15) is 11.6 Å². The van der Waals surface area contributed by atoms with Crippen LogP contribution in [0.25, 0.3) is 0 Å². The van der Waals surface area contributed by atoms with Crippen LogP contribution in [-0.4, -0.2) is 20.8 Å². The van der Waals surface area contributed by atoms with Crippen LogP contribution in [0.4, 0.5) is 11.6 Å². The van der Waals surface area contributed by atoms with Gasteiger partial charge in [-0.05, 0) is 25.1 Å². The molecule has 0 saturated heterocycles. The van der Waals surface area contributed by atoms with Crippen molar-refractivity contribution in [1.82, 2.24) is 14.8 Å². The minimum absolute atomic E-state index is 0.232. The molecule has 1 atom stereocenters. The highest BCUT2D eigenvalue weighted by molar-refractivity contribution is 5.44. The maximum absolute atomic E-state index is 5.30. The molecule has 0 aliphatic rings. The Balaban J connectivity index is 1.95. The first-order chi connectivity index (χ1) is 8.28. The van der Waals surface area contributed by atoms with Crippen LogP contribution in [0.15, 0.2) is 36.7 Å². The maximum atomic E-state index is 5.30. The van der Waals surface area contributed by atoms with Gasteiger partial charge in [-0.2, -0.15) is 5.10 Å². The van der Waals surface area contributed by atoms with E-state index in [2.05, 4.69) is 27.7 Å². The van der Waals surface area contributed by atoms with Crippen LogP contribution in [0.5, 0.6) is 0 Å². The summed E-state index contributed by atoms with van der Waals surface area (Å²) in [5, 5.41) is 7.44. The number of rotatable bonds is 5. The Morgan fingerprint density at radius 2 is 2.18 bits per heavy atom. The zero-order valence-corrected chi connectivity index (χ0v) is 9.67. The summed E-state index contributed by atoms with van der Waals surface area (Å²) >= 11 is 0. The summed E-state index contributed by atoms with van der Waals surface area (Å²) in [5.41, 5.74) is 2.52. The molecule has 4 N–H and O–H groups in total. The lowest BCUT2D eigenvalue weighted by Crippen LogP contribution is -2.23. The van der Waals surface area contributed by atoms with Crippen LogP contribution in [0.2, 0.25) is 0 Å². The second kappa shape index (κ2) is 5.31. The van der Waals surface area contributed by atoms with E-state index in [0.717, 1.165) is 12.4 Å². The third-order valence-electron chi connectivity index (χ3n) is 2.31. The second-order valence-corrected chi connectivity index (χ2v) is 3.83. The topological polar surface area (TPSA) is 80.8 Å². The number of nitrogens with two attached hydrogens (primary N) is 1. The zero-order valence-electron chi connectivity index (χ0n) is 9.67. The van der Waals surface area contributed by atoms with Gasteiger partial charge in [0.05, 0.1) is 6.54 Å². The molecule has 2 aromatic rings. The summed E-state index contributed by atoms with van der Waals surface area (Å²) in [6.45, 7) is 2.86. The quantitative estimate of drug-likeness (QED) is 0.530. The number of aromatic nitrogens is 3. The van der Waals surface area contributed by atoms with E-state index in [1.54, 1.807) is 6.20 Å². The number of hydrogen-bond donors (Lipinski definition) is 3. The Morgan fingerprint density at radius 3 is 2.88 bits per heavy atom. The number of nitrogens with zero attached hydrogens (tertiary/aromatic N) is 3. The zero-order chi connectivity index (χ0) is 12.1. The van der Waals surface area contributed by atoms with Crippen molar-refractivity contribution in [3.8, 4) is 0 Å². The van der Waals surface area contributed by atoms with Gasteiger partial charge in [0.2, 0.25) is 0 Å².